The Labute approximate surface area is 113 Å². The Morgan fingerprint density at radius 1 is 1.11 bits per heavy atom. The van der Waals surface area contributed by atoms with E-state index in [9.17, 15) is 0 Å². The molecule has 0 radical (unpaired) electrons. The second-order valence-corrected chi connectivity index (χ2v) is 5.99. The third kappa shape index (κ3) is 4.45. The molecule has 102 valence electrons. The number of hydrogen-bond acceptors (Lipinski definition) is 1. The van der Waals surface area contributed by atoms with E-state index in [0.29, 0.717) is 6.04 Å². The van der Waals surface area contributed by atoms with Gasteiger partial charge in [-0.15, -0.1) is 0 Å². The number of aryl methyl sites for hydroxylation is 1. The zero-order valence-electron chi connectivity index (χ0n) is 12.7. The van der Waals surface area contributed by atoms with Gasteiger partial charge in [-0.2, -0.15) is 0 Å². The molecule has 0 saturated carbocycles. The zero-order chi connectivity index (χ0) is 13.6. The van der Waals surface area contributed by atoms with Crippen molar-refractivity contribution in [1.82, 2.24) is 5.32 Å². The van der Waals surface area contributed by atoms with E-state index in [1.165, 1.54) is 30.4 Å². The van der Waals surface area contributed by atoms with Crippen LogP contribution in [0, 0.1) is 0 Å². The van der Waals surface area contributed by atoms with E-state index in [0.717, 1.165) is 6.54 Å². The average molecular weight is 247 g/mol. The highest BCUT2D eigenvalue weighted by molar-refractivity contribution is 5.28. The molecule has 1 aromatic carbocycles. The number of hydrogen-bond donors (Lipinski definition) is 1. The van der Waals surface area contributed by atoms with Crippen LogP contribution in [-0.4, -0.2) is 12.6 Å². The molecule has 0 saturated heterocycles. The SMILES string of the molecule is CCCc1ccc(C(C)(C)CC(C)NCC)cc1. The van der Waals surface area contributed by atoms with Gasteiger partial charge in [0.15, 0.2) is 0 Å². The molecule has 0 spiro atoms. The largest absolute Gasteiger partial charge is 0.315 e. The first-order valence-corrected chi connectivity index (χ1v) is 7.32. The molecule has 1 atom stereocenters. The molecule has 1 N–H and O–H groups in total. The molecule has 1 unspecified atom stereocenters. The van der Waals surface area contributed by atoms with Crippen LogP contribution < -0.4 is 5.32 Å². The van der Waals surface area contributed by atoms with Crippen molar-refractivity contribution in [1.29, 1.82) is 0 Å². The maximum absolute atomic E-state index is 3.50. The summed E-state index contributed by atoms with van der Waals surface area (Å²) in [5, 5.41) is 3.50. The average Bonchev–Trinajstić information content (AvgIpc) is 2.29. The van der Waals surface area contributed by atoms with Crippen LogP contribution in [0.25, 0.3) is 0 Å². The Morgan fingerprint density at radius 2 is 1.72 bits per heavy atom. The van der Waals surface area contributed by atoms with E-state index < -0.39 is 0 Å². The van der Waals surface area contributed by atoms with Crippen molar-refractivity contribution in [3.63, 3.8) is 0 Å². The van der Waals surface area contributed by atoms with Crippen LogP contribution in [0.3, 0.4) is 0 Å². The molecule has 1 heteroatoms. The lowest BCUT2D eigenvalue weighted by molar-refractivity contribution is 0.394. The Bertz CT molecular complexity index is 337. The van der Waals surface area contributed by atoms with Crippen molar-refractivity contribution < 1.29 is 0 Å². The number of nitrogens with one attached hydrogen (secondary N) is 1. The van der Waals surface area contributed by atoms with Gasteiger partial charge in [0.05, 0.1) is 0 Å². The second-order valence-electron chi connectivity index (χ2n) is 5.99. The van der Waals surface area contributed by atoms with Gasteiger partial charge in [0.2, 0.25) is 0 Å². The zero-order valence-corrected chi connectivity index (χ0v) is 12.7. The summed E-state index contributed by atoms with van der Waals surface area (Å²) in [6, 6.07) is 9.77. The van der Waals surface area contributed by atoms with Gasteiger partial charge in [-0.25, -0.2) is 0 Å². The Morgan fingerprint density at radius 3 is 2.22 bits per heavy atom. The fourth-order valence-electron chi connectivity index (χ4n) is 2.72. The summed E-state index contributed by atoms with van der Waals surface area (Å²) >= 11 is 0. The molecule has 0 aliphatic rings. The third-order valence-electron chi connectivity index (χ3n) is 3.64. The summed E-state index contributed by atoms with van der Waals surface area (Å²) in [6.45, 7) is 12.4. The molecule has 0 aliphatic carbocycles. The minimum Gasteiger partial charge on any atom is -0.315 e. The summed E-state index contributed by atoms with van der Waals surface area (Å²) in [5.41, 5.74) is 3.15. The van der Waals surface area contributed by atoms with Crippen molar-refractivity contribution in [2.75, 3.05) is 6.54 Å². The molecule has 0 fully saturated rings. The molecule has 0 aliphatic heterocycles. The van der Waals surface area contributed by atoms with Crippen molar-refractivity contribution in [3.8, 4) is 0 Å². The highest BCUT2D eigenvalue weighted by atomic mass is 14.9. The van der Waals surface area contributed by atoms with Crippen LogP contribution in [0.1, 0.15) is 58.6 Å². The van der Waals surface area contributed by atoms with Gasteiger partial charge >= 0.3 is 0 Å². The first-order valence-electron chi connectivity index (χ1n) is 7.32. The summed E-state index contributed by atoms with van der Waals surface area (Å²) in [6.07, 6.45) is 3.59. The first kappa shape index (κ1) is 15.2. The summed E-state index contributed by atoms with van der Waals surface area (Å²) in [4.78, 5) is 0. The minimum atomic E-state index is 0.242. The maximum Gasteiger partial charge on any atom is 0.00468 e. The van der Waals surface area contributed by atoms with Crippen molar-refractivity contribution in [2.24, 2.45) is 0 Å². The van der Waals surface area contributed by atoms with E-state index in [2.05, 4.69) is 64.2 Å². The predicted molar refractivity (Wildman–Crippen MR) is 81.2 cm³/mol. The van der Waals surface area contributed by atoms with Crippen LogP contribution in [0.4, 0.5) is 0 Å². The Hall–Kier alpha value is -0.820. The van der Waals surface area contributed by atoms with Gasteiger partial charge in [-0.05, 0) is 42.9 Å². The van der Waals surface area contributed by atoms with Crippen molar-refractivity contribution >= 4 is 0 Å². The third-order valence-corrected chi connectivity index (χ3v) is 3.64. The summed E-state index contributed by atoms with van der Waals surface area (Å²) in [7, 11) is 0. The fraction of sp³-hybridized carbons (Fsp3) is 0.647. The Balaban J connectivity index is 2.71. The summed E-state index contributed by atoms with van der Waals surface area (Å²) < 4.78 is 0. The lowest BCUT2D eigenvalue weighted by Crippen LogP contribution is -2.33. The highest BCUT2D eigenvalue weighted by Gasteiger charge is 2.22. The molecule has 0 bridgehead atoms. The molecule has 0 heterocycles. The van der Waals surface area contributed by atoms with Gasteiger partial charge in [0.25, 0.3) is 0 Å². The molecule has 0 aromatic heterocycles. The lowest BCUT2D eigenvalue weighted by Gasteiger charge is -2.29. The molecule has 0 amide bonds. The van der Waals surface area contributed by atoms with Crippen LogP contribution in [0.15, 0.2) is 24.3 Å². The quantitative estimate of drug-likeness (QED) is 0.757. The first-order chi connectivity index (χ1) is 8.49. The Kier molecular flexibility index (Phi) is 5.87. The van der Waals surface area contributed by atoms with E-state index in [1.54, 1.807) is 0 Å². The maximum atomic E-state index is 3.50. The van der Waals surface area contributed by atoms with Crippen LogP contribution in [-0.2, 0) is 11.8 Å². The van der Waals surface area contributed by atoms with E-state index in [-0.39, 0.29) is 5.41 Å². The molecule has 18 heavy (non-hydrogen) atoms. The van der Waals surface area contributed by atoms with Crippen molar-refractivity contribution in [2.45, 2.75) is 65.3 Å². The minimum absolute atomic E-state index is 0.242. The smallest absolute Gasteiger partial charge is 0.00468 e. The van der Waals surface area contributed by atoms with Crippen LogP contribution >= 0.6 is 0 Å². The van der Waals surface area contributed by atoms with Gasteiger partial charge in [-0.1, -0.05) is 58.4 Å². The monoisotopic (exact) mass is 247 g/mol. The second kappa shape index (κ2) is 6.94. The topological polar surface area (TPSA) is 12.0 Å². The van der Waals surface area contributed by atoms with Gasteiger partial charge < -0.3 is 5.32 Å². The van der Waals surface area contributed by atoms with Crippen LogP contribution in [0.5, 0.6) is 0 Å². The molecule has 1 nitrogen and oxygen atoms in total. The van der Waals surface area contributed by atoms with Gasteiger partial charge in [0, 0.05) is 6.04 Å². The lowest BCUT2D eigenvalue weighted by atomic mass is 9.79. The van der Waals surface area contributed by atoms with E-state index in [4.69, 9.17) is 0 Å². The normalized spacial score (nSPS) is 13.6. The highest BCUT2D eigenvalue weighted by Crippen LogP contribution is 2.28. The van der Waals surface area contributed by atoms with Gasteiger partial charge in [-0.3, -0.25) is 0 Å². The van der Waals surface area contributed by atoms with Gasteiger partial charge in [0.1, 0.15) is 0 Å². The predicted octanol–water partition coefficient (Wildman–Crippen LogP) is 4.30. The van der Waals surface area contributed by atoms with Crippen molar-refractivity contribution in [3.05, 3.63) is 35.4 Å². The fourth-order valence-corrected chi connectivity index (χ4v) is 2.72. The van der Waals surface area contributed by atoms with Crippen LogP contribution in [0.2, 0.25) is 0 Å². The molecule has 1 aromatic rings. The van der Waals surface area contributed by atoms with E-state index >= 15 is 0 Å². The number of benzene rings is 1. The summed E-state index contributed by atoms with van der Waals surface area (Å²) in [5.74, 6) is 0. The molecular weight excluding hydrogens is 218 g/mol. The molecular formula is C17H29N. The molecule has 1 rings (SSSR count). The standard InChI is InChI=1S/C17H29N/c1-6-8-15-9-11-16(12-10-15)17(4,5)13-14(3)18-7-2/h9-12,14,18H,6-8,13H2,1-5H3. The number of rotatable bonds is 7. The van der Waals surface area contributed by atoms with E-state index in [1.807, 2.05) is 0 Å².